The van der Waals surface area contributed by atoms with Crippen molar-refractivity contribution >= 4 is 29.3 Å². The minimum atomic E-state index is -0.241. The van der Waals surface area contributed by atoms with Gasteiger partial charge in [-0.05, 0) is 78.3 Å². The molecular weight excluding hydrogens is 381 g/mol. The molecule has 0 bridgehead atoms. The Hall–Kier alpha value is -3.28. The van der Waals surface area contributed by atoms with Crippen molar-refractivity contribution in [1.29, 1.82) is 0 Å². The summed E-state index contributed by atoms with van der Waals surface area (Å²) in [6, 6.07) is 6.80. The first kappa shape index (κ1) is 20.0. The van der Waals surface area contributed by atoms with Crippen LogP contribution in [0, 0.1) is 12.7 Å². The number of nitrogens with zero attached hydrogens (tertiary/aromatic N) is 2. The second-order valence-corrected chi connectivity index (χ2v) is 7.71. The first-order chi connectivity index (χ1) is 14.5. The van der Waals surface area contributed by atoms with Crippen LogP contribution in [0.15, 0.2) is 42.6 Å². The third-order valence-corrected chi connectivity index (χ3v) is 5.58. The van der Waals surface area contributed by atoms with Gasteiger partial charge in [0.25, 0.3) is 0 Å². The van der Waals surface area contributed by atoms with Gasteiger partial charge in [-0.2, -0.15) is 0 Å². The molecule has 0 atom stereocenters. The van der Waals surface area contributed by atoms with Gasteiger partial charge >= 0.3 is 0 Å². The lowest BCUT2D eigenvalue weighted by Gasteiger charge is -2.19. The van der Waals surface area contributed by atoms with Crippen molar-refractivity contribution in [3.05, 3.63) is 70.7 Å². The highest BCUT2D eigenvalue weighted by molar-refractivity contribution is 5.94. The van der Waals surface area contributed by atoms with Crippen LogP contribution in [-0.2, 0) is 16.0 Å². The highest BCUT2D eigenvalue weighted by Gasteiger charge is 2.17. The van der Waals surface area contributed by atoms with Crippen LogP contribution in [0.5, 0.6) is 0 Å². The fourth-order valence-electron chi connectivity index (χ4n) is 3.91. The van der Waals surface area contributed by atoms with Crippen molar-refractivity contribution in [2.75, 3.05) is 18.4 Å². The fraction of sp³-hybridized carbons (Fsp3) is 0.292. The summed E-state index contributed by atoms with van der Waals surface area (Å²) >= 11 is 0. The van der Waals surface area contributed by atoms with E-state index >= 15 is 0 Å². The molecular formula is C24H24FN3O2. The predicted molar refractivity (Wildman–Crippen MR) is 115 cm³/mol. The molecule has 1 aromatic carbocycles. The molecule has 5 nitrogen and oxygen atoms in total. The molecule has 0 saturated heterocycles. The van der Waals surface area contributed by atoms with Crippen LogP contribution in [0.2, 0.25) is 0 Å². The molecule has 0 aliphatic carbocycles. The third-order valence-electron chi connectivity index (χ3n) is 5.58. The molecule has 3 heterocycles. The zero-order chi connectivity index (χ0) is 21.1. The molecule has 0 saturated carbocycles. The first-order valence-corrected chi connectivity index (χ1v) is 10.2. The van der Waals surface area contributed by atoms with Crippen LogP contribution in [0.4, 0.5) is 10.2 Å². The number of halogens is 1. The van der Waals surface area contributed by atoms with Gasteiger partial charge in [0.1, 0.15) is 11.6 Å². The van der Waals surface area contributed by atoms with Crippen molar-refractivity contribution in [3.8, 4) is 0 Å². The van der Waals surface area contributed by atoms with Gasteiger partial charge in [-0.25, -0.2) is 9.37 Å². The summed E-state index contributed by atoms with van der Waals surface area (Å²) in [5, 5.41) is 2.76. The molecule has 0 spiro atoms. The largest absolute Gasteiger partial charge is 0.339 e. The van der Waals surface area contributed by atoms with E-state index in [9.17, 15) is 14.0 Å². The fourth-order valence-corrected chi connectivity index (χ4v) is 3.91. The van der Waals surface area contributed by atoms with Gasteiger partial charge in [0.2, 0.25) is 11.8 Å². The molecule has 4 rings (SSSR count). The molecule has 30 heavy (non-hydrogen) atoms. The van der Waals surface area contributed by atoms with Gasteiger partial charge < -0.3 is 10.2 Å². The van der Waals surface area contributed by atoms with Crippen LogP contribution in [0.25, 0.3) is 11.6 Å². The minimum absolute atomic E-state index is 0.0175. The van der Waals surface area contributed by atoms with Crippen molar-refractivity contribution in [3.63, 3.8) is 0 Å². The van der Waals surface area contributed by atoms with Crippen molar-refractivity contribution in [2.45, 2.75) is 32.6 Å². The van der Waals surface area contributed by atoms with Crippen molar-refractivity contribution in [1.82, 2.24) is 9.88 Å². The lowest BCUT2D eigenvalue weighted by Crippen LogP contribution is -2.30. The van der Waals surface area contributed by atoms with Gasteiger partial charge in [-0.15, -0.1) is 0 Å². The van der Waals surface area contributed by atoms with Crippen LogP contribution >= 0.6 is 0 Å². The summed E-state index contributed by atoms with van der Waals surface area (Å²) in [6.45, 7) is 3.21. The smallest absolute Gasteiger partial charge is 0.246 e. The Bertz CT molecular complexity index is 1060. The number of nitrogens with one attached hydrogen (secondary N) is 1. The second-order valence-electron chi connectivity index (χ2n) is 7.71. The quantitative estimate of drug-likeness (QED) is 0.781. The summed E-state index contributed by atoms with van der Waals surface area (Å²) in [5.41, 5.74) is 4.87. The van der Waals surface area contributed by atoms with E-state index in [0.717, 1.165) is 34.2 Å². The average molecular weight is 405 g/mol. The predicted octanol–water partition coefficient (Wildman–Crippen LogP) is 4.13. The number of aromatic nitrogens is 1. The van der Waals surface area contributed by atoms with Crippen LogP contribution in [0.1, 0.15) is 41.5 Å². The van der Waals surface area contributed by atoms with E-state index in [1.54, 1.807) is 30.5 Å². The maximum Gasteiger partial charge on any atom is 0.246 e. The number of rotatable bonds is 3. The van der Waals surface area contributed by atoms with Crippen molar-refractivity contribution in [2.24, 2.45) is 0 Å². The standard InChI is InChI=1S/C24H24FN3O2/c1-16-4-7-20(25)14-21(16)18-3-2-11-28(12-10-18)23(30)9-5-17-13-19-6-8-22(29)27-24(19)26-15-17/h3-5,7,9,13-15H,2,6,8,10-12H2,1H3,(H,26,27,29). The van der Waals surface area contributed by atoms with Gasteiger partial charge in [0, 0.05) is 31.8 Å². The van der Waals surface area contributed by atoms with Gasteiger partial charge in [0.15, 0.2) is 0 Å². The Kier molecular flexibility index (Phi) is 5.74. The first-order valence-electron chi connectivity index (χ1n) is 10.2. The monoisotopic (exact) mass is 405 g/mol. The van der Waals surface area contributed by atoms with Gasteiger partial charge in [-0.3, -0.25) is 9.59 Å². The number of carbonyl (C=O) groups excluding carboxylic acids is 2. The zero-order valence-corrected chi connectivity index (χ0v) is 17.0. The molecule has 2 amide bonds. The molecule has 2 aliphatic rings. The van der Waals surface area contributed by atoms with Crippen molar-refractivity contribution < 1.29 is 14.0 Å². The lowest BCUT2D eigenvalue weighted by atomic mass is 9.97. The number of aryl methyl sites for hydroxylation is 2. The summed E-state index contributed by atoms with van der Waals surface area (Å²) in [5.74, 6) is 0.297. The maximum absolute atomic E-state index is 13.7. The molecule has 0 radical (unpaired) electrons. The molecule has 1 N–H and O–H groups in total. The number of hydrogen-bond acceptors (Lipinski definition) is 3. The summed E-state index contributed by atoms with van der Waals surface area (Å²) in [7, 11) is 0. The summed E-state index contributed by atoms with van der Waals surface area (Å²) in [4.78, 5) is 30.2. The third kappa shape index (κ3) is 4.48. The summed E-state index contributed by atoms with van der Waals surface area (Å²) < 4.78 is 13.7. The molecule has 1 aromatic heterocycles. The van der Waals surface area contributed by atoms with E-state index in [0.29, 0.717) is 38.2 Å². The minimum Gasteiger partial charge on any atom is -0.339 e. The molecule has 2 aliphatic heterocycles. The number of amides is 2. The van der Waals surface area contributed by atoms with E-state index in [1.165, 1.54) is 6.07 Å². The highest BCUT2D eigenvalue weighted by Crippen LogP contribution is 2.26. The van der Waals surface area contributed by atoms with Gasteiger partial charge in [-0.1, -0.05) is 12.1 Å². The van der Waals surface area contributed by atoms with E-state index in [2.05, 4.69) is 16.4 Å². The summed E-state index contributed by atoms with van der Waals surface area (Å²) in [6.07, 6.45) is 9.65. The van der Waals surface area contributed by atoms with E-state index in [1.807, 2.05) is 17.9 Å². The molecule has 2 aromatic rings. The average Bonchev–Trinajstić information content (AvgIpc) is 3.00. The Labute approximate surface area is 175 Å². The number of anilines is 1. The number of fused-ring (bicyclic) bond motifs is 1. The Balaban J connectivity index is 1.40. The van der Waals surface area contributed by atoms with Gasteiger partial charge in [0.05, 0.1) is 0 Å². The molecule has 154 valence electrons. The number of carbonyl (C=O) groups is 2. The topological polar surface area (TPSA) is 62.3 Å². The van der Waals surface area contributed by atoms with Crippen LogP contribution in [0.3, 0.4) is 0 Å². The maximum atomic E-state index is 13.7. The zero-order valence-electron chi connectivity index (χ0n) is 17.0. The number of pyridine rings is 1. The van der Waals surface area contributed by atoms with E-state index in [4.69, 9.17) is 0 Å². The van der Waals surface area contributed by atoms with E-state index in [-0.39, 0.29) is 17.6 Å². The lowest BCUT2D eigenvalue weighted by molar-refractivity contribution is -0.125. The van der Waals surface area contributed by atoms with Crippen LogP contribution < -0.4 is 5.32 Å². The van der Waals surface area contributed by atoms with E-state index < -0.39 is 0 Å². The van der Waals surface area contributed by atoms with Crippen LogP contribution in [-0.4, -0.2) is 34.8 Å². The Morgan fingerprint density at radius 2 is 2.07 bits per heavy atom. The highest BCUT2D eigenvalue weighted by atomic mass is 19.1. The molecule has 6 heteroatoms. The Morgan fingerprint density at radius 1 is 1.20 bits per heavy atom. The normalized spacial score (nSPS) is 16.7. The molecule has 0 unspecified atom stereocenters. The SMILES string of the molecule is Cc1ccc(F)cc1C1=CCCN(C(=O)C=Cc2cnc3c(c2)CCC(=O)N3)CC1. The number of benzene rings is 1. The molecule has 0 fully saturated rings. The number of hydrogen-bond donors (Lipinski definition) is 1. The second kappa shape index (κ2) is 8.61. The Morgan fingerprint density at radius 3 is 2.93 bits per heavy atom.